The molecule has 3 unspecified atom stereocenters. The molecular weight excluding hydrogens is 258 g/mol. The molecule has 3 atom stereocenters. The van der Waals surface area contributed by atoms with E-state index in [1.807, 2.05) is 11.4 Å². The molecule has 92 valence electrons. The highest BCUT2D eigenvalue weighted by Crippen LogP contribution is 2.43. The fourth-order valence-electron chi connectivity index (χ4n) is 3.23. The minimum absolute atomic E-state index is 0.163. The van der Waals surface area contributed by atoms with Gasteiger partial charge in [0.1, 0.15) is 0 Å². The molecule has 0 aliphatic carbocycles. The van der Waals surface area contributed by atoms with Crippen LogP contribution in [0.2, 0.25) is 5.02 Å². The summed E-state index contributed by atoms with van der Waals surface area (Å²) in [5, 5.41) is 11.9. The van der Waals surface area contributed by atoms with Crippen LogP contribution in [0, 0.1) is 5.92 Å². The fourth-order valence-corrected chi connectivity index (χ4v) is 4.31. The number of thiophene rings is 1. The molecule has 2 aliphatic rings. The molecule has 0 radical (unpaired) electrons. The van der Waals surface area contributed by atoms with E-state index in [2.05, 4.69) is 4.90 Å². The molecular formula is C12H14ClNO2S. The van der Waals surface area contributed by atoms with E-state index in [1.165, 1.54) is 4.88 Å². The van der Waals surface area contributed by atoms with Gasteiger partial charge in [-0.2, -0.15) is 0 Å². The van der Waals surface area contributed by atoms with Crippen molar-refractivity contribution < 1.29 is 9.90 Å². The van der Waals surface area contributed by atoms with Crippen LogP contribution in [0.15, 0.2) is 11.4 Å². The third kappa shape index (κ3) is 1.98. The van der Waals surface area contributed by atoms with Crippen LogP contribution in [-0.2, 0) is 11.3 Å². The largest absolute Gasteiger partial charge is 0.481 e. The number of carboxylic acids is 1. The summed E-state index contributed by atoms with van der Waals surface area (Å²) in [6.45, 7) is 0.858. The van der Waals surface area contributed by atoms with Crippen molar-refractivity contribution in [2.75, 3.05) is 0 Å². The molecule has 2 bridgehead atoms. The first-order valence-corrected chi connectivity index (χ1v) is 7.12. The van der Waals surface area contributed by atoms with E-state index in [9.17, 15) is 9.90 Å². The molecule has 3 heterocycles. The molecule has 17 heavy (non-hydrogen) atoms. The van der Waals surface area contributed by atoms with E-state index < -0.39 is 5.97 Å². The lowest BCUT2D eigenvalue weighted by atomic mass is 9.89. The molecule has 2 aliphatic heterocycles. The van der Waals surface area contributed by atoms with Crippen molar-refractivity contribution in [2.45, 2.75) is 37.9 Å². The summed E-state index contributed by atoms with van der Waals surface area (Å²) in [7, 11) is 0. The average Bonchev–Trinajstić information content (AvgIpc) is 2.95. The Morgan fingerprint density at radius 2 is 2.41 bits per heavy atom. The lowest BCUT2D eigenvalue weighted by Crippen LogP contribution is -2.32. The highest BCUT2D eigenvalue weighted by Gasteiger charge is 2.49. The predicted octanol–water partition coefficient (Wildman–Crippen LogP) is 2.84. The summed E-state index contributed by atoms with van der Waals surface area (Å²) in [5.74, 6) is -0.796. The standard InChI is InChI=1S/C12H14ClNO2S/c13-7-3-9(17-6-7)5-14-8-1-2-11(14)10(4-8)12(15)16/h3,6,8,10-11H,1-2,4-5H2,(H,15,16). The molecule has 2 fully saturated rings. The van der Waals surface area contributed by atoms with E-state index >= 15 is 0 Å². The number of rotatable bonds is 3. The number of hydrogen-bond acceptors (Lipinski definition) is 3. The average molecular weight is 272 g/mol. The Morgan fingerprint density at radius 1 is 1.59 bits per heavy atom. The topological polar surface area (TPSA) is 40.5 Å². The Morgan fingerprint density at radius 3 is 3.00 bits per heavy atom. The minimum atomic E-state index is -0.633. The van der Waals surface area contributed by atoms with Gasteiger partial charge in [-0.25, -0.2) is 0 Å². The van der Waals surface area contributed by atoms with Crippen molar-refractivity contribution >= 4 is 28.9 Å². The first kappa shape index (κ1) is 11.5. The summed E-state index contributed by atoms with van der Waals surface area (Å²) < 4.78 is 0. The van der Waals surface area contributed by atoms with E-state index in [1.54, 1.807) is 11.3 Å². The van der Waals surface area contributed by atoms with Gasteiger partial charge in [0.15, 0.2) is 0 Å². The minimum Gasteiger partial charge on any atom is -0.481 e. The van der Waals surface area contributed by atoms with Gasteiger partial charge in [-0.1, -0.05) is 11.6 Å². The van der Waals surface area contributed by atoms with Crippen LogP contribution >= 0.6 is 22.9 Å². The Kier molecular flexibility index (Phi) is 2.89. The molecule has 3 nitrogen and oxygen atoms in total. The Balaban J connectivity index is 1.75. The monoisotopic (exact) mass is 271 g/mol. The van der Waals surface area contributed by atoms with E-state index in [0.717, 1.165) is 30.8 Å². The van der Waals surface area contributed by atoms with Gasteiger partial charge < -0.3 is 5.11 Å². The van der Waals surface area contributed by atoms with Crippen molar-refractivity contribution in [1.82, 2.24) is 4.90 Å². The molecule has 0 spiro atoms. The molecule has 3 rings (SSSR count). The van der Waals surface area contributed by atoms with Gasteiger partial charge in [-0.05, 0) is 25.3 Å². The third-order valence-electron chi connectivity index (χ3n) is 3.96. The molecule has 0 saturated carbocycles. The Bertz CT molecular complexity index is 447. The van der Waals surface area contributed by atoms with Gasteiger partial charge in [0.05, 0.1) is 10.9 Å². The van der Waals surface area contributed by atoms with Crippen LogP contribution < -0.4 is 0 Å². The summed E-state index contributed by atoms with van der Waals surface area (Å²) in [5.41, 5.74) is 0. The first-order chi connectivity index (χ1) is 8.15. The molecule has 1 aromatic rings. The normalized spacial score (nSPS) is 32.2. The summed E-state index contributed by atoms with van der Waals surface area (Å²) in [4.78, 5) is 14.7. The van der Waals surface area contributed by atoms with Crippen molar-refractivity contribution in [1.29, 1.82) is 0 Å². The summed E-state index contributed by atoms with van der Waals surface area (Å²) in [6.07, 6.45) is 2.99. The van der Waals surface area contributed by atoms with Crippen molar-refractivity contribution in [3.05, 3.63) is 21.3 Å². The number of hydrogen-bond donors (Lipinski definition) is 1. The van der Waals surface area contributed by atoms with Crippen molar-refractivity contribution in [3.8, 4) is 0 Å². The van der Waals surface area contributed by atoms with Gasteiger partial charge in [0.2, 0.25) is 0 Å². The van der Waals surface area contributed by atoms with Crippen molar-refractivity contribution in [3.63, 3.8) is 0 Å². The van der Waals surface area contributed by atoms with Gasteiger partial charge in [0, 0.05) is 28.9 Å². The maximum absolute atomic E-state index is 11.1. The second-order valence-electron chi connectivity index (χ2n) is 4.88. The highest BCUT2D eigenvalue weighted by atomic mass is 35.5. The molecule has 0 aromatic carbocycles. The molecule has 1 aromatic heterocycles. The Labute approximate surface area is 109 Å². The first-order valence-electron chi connectivity index (χ1n) is 5.86. The van der Waals surface area contributed by atoms with Crippen LogP contribution in [0.25, 0.3) is 0 Å². The number of halogens is 1. The number of carbonyl (C=O) groups is 1. The zero-order valence-electron chi connectivity index (χ0n) is 9.30. The van der Waals surface area contributed by atoms with E-state index in [-0.39, 0.29) is 12.0 Å². The zero-order valence-corrected chi connectivity index (χ0v) is 10.9. The highest BCUT2D eigenvalue weighted by molar-refractivity contribution is 7.10. The van der Waals surface area contributed by atoms with Crippen LogP contribution in [0.5, 0.6) is 0 Å². The smallest absolute Gasteiger partial charge is 0.308 e. The fraction of sp³-hybridized carbons (Fsp3) is 0.583. The van der Waals surface area contributed by atoms with Crippen molar-refractivity contribution in [2.24, 2.45) is 5.92 Å². The maximum atomic E-state index is 11.1. The van der Waals surface area contributed by atoms with Crippen LogP contribution in [0.1, 0.15) is 24.1 Å². The number of fused-ring (bicyclic) bond motifs is 2. The van der Waals surface area contributed by atoms with Gasteiger partial charge in [0.25, 0.3) is 0 Å². The lowest BCUT2D eigenvalue weighted by molar-refractivity contribution is -0.142. The van der Waals surface area contributed by atoms with Gasteiger partial charge in [-0.15, -0.1) is 11.3 Å². The van der Waals surface area contributed by atoms with Crippen LogP contribution in [0.4, 0.5) is 0 Å². The van der Waals surface area contributed by atoms with Gasteiger partial charge in [-0.3, -0.25) is 9.69 Å². The molecule has 2 saturated heterocycles. The van der Waals surface area contributed by atoms with E-state index in [0.29, 0.717) is 6.04 Å². The maximum Gasteiger partial charge on any atom is 0.308 e. The van der Waals surface area contributed by atoms with E-state index in [4.69, 9.17) is 11.6 Å². The second kappa shape index (κ2) is 4.26. The molecule has 1 N–H and O–H groups in total. The van der Waals surface area contributed by atoms with Crippen LogP contribution in [0.3, 0.4) is 0 Å². The predicted molar refractivity (Wildman–Crippen MR) is 67.4 cm³/mol. The third-order valence-corrected chi connectivity index (χ3v) is 5.23. The zero-order chi connectivity index (χ0) is 12.0. The second-order valence-corrected chi connectivity index (χ2v) is 6.31. The number of nitrogens with zero attached hydrogens (tertiary/aromatic N) is 1. The lowest BCUT2D eigenvalue weighted by Gasteiger charge is -2.21. The SMILES string of the molecule is O=C(O)C1CC2CCC1N2Cc1cc(Cl)cs1. The Hall–Kier alpha value is -0.580. The van der Waals surface area contributed by atoms with Gasteiger partial charge >= 0.3 is 5.97 Å². The number of carboxylic acid groups (broad SMARTS) is 1. The summed E-state index contributed by atoms with van der Waals surface area (Å²) >= 11 is 7.57. The molecule has 5 heteroatoms. The van der Waals surface area contributed by atoms with Crippen LogP contribution in [-0.4, -0.2) is 28.1 Å². The quantitative estimate of drug-likeness (QED) is 0.919. The number of aliphatic carboxylic acids is 1. The summed E-state index contributed by atoms with van der Waals surface area (Å²) in [6, 6.07) is 2.68. The molecule has 0 amide bonds.